The van der Waals surface area contributed by atoms with Gasteiger partial charge in [-0.3, -0.25) is 4.57 Å². The maximum atomic E-state index is 5.26. The Kier molecular flexibility index (Phi) is 14.7. The average molecular weight is 1380 g/mol. The lowest BCUT2D eigenvalue weighted by Gasteiger charge is -2.15. The van der Waals surface area contributed by atoms with E-state index in [0.717, 1.165) is 111 Å². The molecule has 6 aromatic heterocycles. The van der Waals surface area contributed by atoms with E-state index in [0.29, 0.717) is 17.6 Å². The van der Waals surface area contributed by atoms with Crippen LogP contribution in [-0.2, 0) is 0 Å². The topological polar surface area (TPSA) is 84.2 Å². The van der Waals surface area contributed by atoms with Gasteiger partial charge >= 0.3 is 0 Å². The summed E-state index contributed by atoms with van der Waals surface area (Å²) in [6.07, 6.45) is 0. The third-order valence-electron chi connectivity index (χ3n) is 21.3. The number of hydrogen-bond donors (Lipinski definition) is 0. The summed E-state index contributed by atoms with van der Waals surface area (Å²) < 4.78 is 9.34. The molecule has 0 bridgehead atoms. The average Bonchev–Trinajstić information content (AvgIpc) is 1.55. The maximum absolute atomic E-state index is 5.26. The Morgan fingerprint density at radius 3 is 1.05 bits per heavy atom. The smallest absolute Gasteiger partial charge is 0.238 e. The summed E-state index contributed by atoms with van der Waals surface area (Å²) in [4.78, 5) is 25.6. The van der Waals surface area contributed by atoms with E-state index in [9.17, 15) is 0 Å². The standard InChI is InChI=1S/C54H34N4.C45H29N5/c1-3-15-35(16-4-1)53-44-23-9-12-24-47(44)55-54(56-53)43-29-32-50(40-20-8-7-19-39(40)43)58-49-26-14-11-22-42(49)46-34-37(28-31-52(46)58)36-27-30-51-45(33-36)41-21-10-13-25-48(41)57(51)38-17-5-2-6-18-38;1-4-14-30(15-5-1)43-46-44(31-16-6-2-7-17-31)48-45(47-43)50-40-23-13-10-20-35(40)37-26-24-33(29-42(37)50)32-25-27-41-38(28-32)36-21-11-12-22-39(36)49(41)34-18-8-3-9-19-34/h1-34H;1-29H. The molecule has 108 heavy (non-hydrogen) atoms. The minimum absolute atomic E-state index is 0.586. The van der Waals surface area contributed by atoms with Crippen molar-refractivity contribution >= 4 is 109 Å². The second-order valence-corrected chi connectivity index (χ2v) is 27.5. The van der Waals surface area contributed by atoms with Gasteiger partial charge in [0.2, 0.25) is 5.95 Å². The number of aromatic nitrogens is 9. The summed E-state index contributed by atoms with van der Waals surface area (Å²) in [5.74, 6) is 2.58. The van der Waals surface area contributed by atoms with Crippen molar-refractivity contribution in [3.63, 3.8) is 0 Å². The van der Waals surface area contributed by atoms with Gasteiger partial charge in [0.25, 0.3) is 0 Å². The van der Waals surface area contributed by atoms with Crippen LogP contribution in [0.3, 0.4) is 0 Å². The van der Waals surface area contributed by atoms with E-state index < -0.39 is 0 Å². The third kappa shape index (κ3) is 10.3. The zero-order valence-corrected chi connectivity index (χ0v) is 58.4. The van der Waals surface area contributed by atoms with Crippen molar-refractivity contribution in [2.24, 2.45) is 0 Å². The van der Waals surface area contributed by atoms with Gasteiger partial charge < -0.3 is 13.7 Å². The fourth-order valence-electron chi connectivity index (χ4n) is 16.4. The SMILES string of the molecule is c1ccc(-c2nc(-c3ccc(-n4c5ccccc5c5cc(-c6ccc7c(c6)c6ccccc6n7-c6ccccc6)ccc54)c4ccccc34)nc3ccccc23)cc1.c1ccc(-c2nc(-c3ccccc3)nc(-n3c4ccccc4c4ccc(-c5ccc6c(c5)c5ccccc5n6-c5ccccc5)cc43)n2)cc1. The molecule has 16 aromatic carbocycles. The largest absolute Gasteiger partial charge is 0.309 e. The molecule has 0 unspecified atom stereocenters. The lowest BCUT2D eigenvalue weighted by molar-refractivity contribution is 0.953. The Morgan fingerprint density at radius 2 is 0.537 bits per heavy atom. The first-order valence-corrected chi connectivity index (χ1v) is 36.5. The van der Waals surface area contributed by atoms with E-state index in [4.69, 9.17) is 24.9 Å². The summed E-state index contributed by atoms with van der Waals surface area (Å²) in [6, 6.07) is 135. The number of nitrogens with zero attached hydrogens (tertiary/aromatic N) is 9. The van der Waals surface area contributed by atoms with Crippen LogP contribution in [0, 0.1) is 0 Å². The molecule has 9 heteroatoms. The van der Waals surface area contributed by atoms with Crippen LogP contribution < -0.4 is 0 Å². The summed E-state index contributed by atoms with van der Waals surface area (Å²) in [5.41, 5.74) is 23.2. The predicted molar refractivity (Wildman–Crippen MR) is 447 cm³/mol. The summed E-state index contributed by atoms with van der Waals surface area (Å²) >= 11 is 0. The van der Waals surface area contributed by atoms with E-state index in [1.165, 1.54) is 71.0 Å². The lowest BCUT2D eigenvalue weighted by atomic mass is 10.00. The zero-order chi connectivity index (χ0) is 71.2. The minimum Gasteiger partial charge on any atom is -0.309 e. The molecule has 0 saturated heterocycles. The van der Waals surface area contributed by atoms with Crippen molar-refractivity contribution in [2.45, 2.75) is 0 Å². The highest BCUT2D eigenvalue weighted by molar-refractivity contribution is 6.16. The molecule has 0 fully saturated rings. The van der Waals surface area contributed by atoms with Crippen LogP contribution in [0.1, 0.15) is 0 Å². The second kappa shape index (κ2) is 25.6. The van der Waals surface area contributed by atoms with Gasteiger partial charge in [-0.1, -0.05) is 273 Å². The first-order valence-electron chi connectivity index (χ1n) is 36.5. The van der Waals surface area contributed by atoms with Gasteiger partial charge in [0.15, 0.2) is 17.5 Å². The molecule has 22 rings (SSSR count). The van der Waals surface area contributed by atoms with Crippen molar-refractivity contribution in [1.29, 1.82) is 0 Å². The third-order valence-corrected chi connectivity index (χ3v) is 21.3. The molecule has 0 spiro atoms. The minimum atomic E-state index is 0.586. The molecule has 0 amide bonds. The fourth-order valence-corrected chi connectivity index (χ4v) is 16.4. The van der Waals surface area contributed by atoms with Crippen molar-refractivity contribution in [3.05, 3.63) is 382 Å². The molecular formula is C99H63N9. The van der Waals surface area contributed by atoms with Crippen LogP contribution in [0.15, 0.2) is 382 Å². The Labute approximate surface area is 621 Å². The van der Waals surface area contributed by atoms with Crippen LogP contribution in [-0.4, -0.2) is 43.2 Å². The van der Waals surface area contributed by atoms with Crippen LogP contribution in [0.25, 0.3) is 200 Å². The Balaban J connectivity index is 0.000000139. The van der Waals surface area contributed by atoms with Crippen LogP contribution in [0.5, 0.6) is 0 Å². The normalized spacial score (nSPS) is 11.7. The fraction of sp³-hybridized carbons (Fsp3) is 0. The first-order chi connectivity index (χ1) is 53.6. The number of para-hydroxylation sites is 7. The Bertz CT molecular complexity index is 7230. The van der Waals surface area contributed by atoms with E-state index in [1.807, 2.05) is 72.8 Å². The molecule has 22 aromatic rings. The maximum Gasteiger partial charge on any atom is 0.238 e. The number of benzene rings is 16. The van der Waals surface area contributed by atoms with Gasteiger partial charge in [-0.15, -0.1) is 0 Å². The van der Waals surface area contributed by atoms with Gasteiger partial charge in [0.05, 0.1) is 61.0 Å². The molecule has 6 heterocycles. The van der Waals surface area contributed by atoms with Gasteiger partial charge in [0.1, 0.15) is 0 Å². The van der Waals surface area contributed by atoms with Gasteiger partial charge in [-0.05, 0) is 137 Å². The van der Waals surface area contributed by atoms with E-state index >= 15 is 0 Å². The van der Waals surface area contributed by atoms with Crippen LogP contribution in [0.4, 0.5) is 0 Å². The highest BCUT2D eigenvalue weighted by Gasteiger charge is 2.23. The molecule has 0 atom stereocenters. The summed E-state index contributed by atoms with van der Waals surface area (Å²) in [6.45, 7) is 0. The van der Waals surface area contributed by atoms with Crippen molar-refractivity contribution in [1.82, 2.24) is 43.2 Å². The van der Waals surface area contributed by atoms with Gasteiger partial charge in [-0.25, -0.2) is 15.0 Å². The van der Waals surface area contributed by atoms with Gasteiger partial charge in [-0.2, -0.15) is 9.97 Å². The Morgan fingerprint density at radius 1 is 0.176 bits per heavy atom. The molecule has 504 valence electrons. The monoisotopic (exact) mass is 1380 g/mol. The number of rotatable bonds is 10. The van der Waals surface area contributed by atoms with E-state index in [-0.39, 0.29) is 0 Å². The molecular weight excluding hydrogens is 1320 g/mol. The molecule has 0 N–H and O–H groups in total. The lowest BCUT2D eigenvalue weighted by Crippen LogP contribution is -2.06. The number of fused-ring (bicyclic) bond motifs is 14. The van der Waals surface area contributed by atoms with Gasteiger partial charge in [0, 0.05) is 87.5 Å². The van der Waals surface area contributed by atoms with Crippen molar-refractivity contribution in [3.8, 4) is 90.7 Å². The molecule has 0 aliphatic heterocycles. The highest BCUT2D eigenvalue weighted by atomic mass is 15.2. The molecule has 9 nitrogen and oxygen atoms in total. The molecule has 0 aliphatic carbocycles. The summed E-state index contributed by atoms with van der Waals surface area (Å²) in [5, 5.41) is 13.0. The number of hydrogen-bond acceptors (Lipinski definition) is 5. The van der Waals surface area contributed by atoms with Crippen molar-refractivity contribution < 1.29 is 0 Å². The van der Waals surface area contributed by atoms with Crippen LogP contribution >= 0.6 is 0 Å². The quantitative estimate of drug-likeness (QED) is 0.136. The van der Waals surface area contributed by atoms with Crippen LogP contribution in [0.2, 0.25) is 0 Å². The first kappa shape index (κ1) is 61.9. The highest BCUT2D eigenvalue weighted by Crippen LogP contribution is 2.44. The van der Waals surface area contributed by atoms with E-state index in [1.54, 1.807) is 0 Å². The van der Waals surface area contributed by atoms with Crippen molar-refractivity contribution in [2.75, 3.05) is 0 Å². The predicted octanol–water partition coefficient (Wildman–Crippen LogP) is 25.0. The Hall–Kier alpha value is -14.7. The molecule has 0 radical (unpaired) electrons. The summed E-state index contributed by atoms with van der Waals surface area (Å²) in [7, 11) is 0. The zero-order valence-electron chi connectivity index (χ0n) is 58.4. The molecule has 0 aliphatic rings. The second-order valence-electron chi connectivity index (χ2n) is 27.5. The van der Waals surface area contributed by atoms with E-state index in [2.05, 4.69) is 328 Å². The molecule has 0 saturated carbocycles.